The van der Waals surface area contributed by atoms with Crippen molar-refractivity contribution in [2.45, 2.75) is 32.2 Å². The lowest BCUT2D eigenvalue weighted by molar-refractivity contribution is 0.318. The molecule has 1 fully saturated rings. The summed E-state index contributed by atoms with van der Waals surface area (Å²) in [4.78, 5) is 2.27. The summed E-state index contributed by atoms with van der Waals surface area (Å²) in [5, 5.41) is 12.6. The van der Waals surface area contributed by atoms with Crippen LogP contribution in [0.1, 0.15) is 32.3 Å². The van der Waals surface area contributed by atoms with E-state index in [1.165, 1.54) is 0 Å². The van der Waals surface area contributed by atoms with Crippen molar-refractivity contribution in [3.8, 4) is 0 Å². The van der Waals surface area contributed by atoms with Crippen LogP contribution in [0.15, 0.2) is 23.4 Å². The molecule has 1 aromatic carbocycles. The lowest BCUT2D eigenvalue weighted by Crippen LogP contribution is -2.39. The molecule has 98 valence electrons. The lowest BCUT2D eigenvalue weighted by atomic mass is 10.0. The van der Waals surface area contributed by atoms with E-state index in [0.717, 1.165) is 30.6 Å². The van der Waals surface area contributed by atoms with Crippen LogP contribution in [-0.4, -0.2) is 23.1 Å². The van der Waals surface area contributed by atoms with E-state index in [9.17, 15) is 0 Å². The van der Waals surface area contributed by atoms with Crippen LogP contribution in [0, 0.1) is 0 Å². The van der Waals surface area contributed by atoms with Gasteiger partial charge in [0.1, 0.15) is 0 Å². The third kappa shape index (κ3) is 2.25. The fourth-order valence-electron chi connectivity index (χ4n) is 2.55. The molecule has 0 spiro atoms. The Labute approximate surface area is 112 Å². The summed E-state index contributed by atoms with van der Waals surface area (Å²) in [6.07, 6.45) is 2.25. The summed E-state index contributed by atoms with van der Waals surface area (Å²) in [6, 6.07) is 5.42. The number of amidine groups is 1. The Morgan fingerprint density at radius 1 is 1.50 bits per heavy atom. The Bertz CT molecular complexity index is 485. The largest absolute Gasteiger partial charge is 0.409 e. The van der Waals surface area contributed by atoms with Gasteiger partial charge in [-0.25, -0.2) is 0 Å². The zero-order chi connectivity index (χ0) is 13.3. The van der Waals surface area contributed by atoms with Crippen molar-refractivity contribution in [2.75, 3.05) is 11.4 Å². The number of anilines is 1. The molecule has 1 heterocycles. The number of oxime groups is 1. The molecular formula is C13H18ClN3O. The number of hydrogen-bond donors (Lipinski definition) is 2. The predicted molar refractivity (Wildman–Crippen MR) is 74.6 cm³/mol. The van der Waals surface area contributed by atoms with Gasteiger partial charge in [-0.1, -0.05) is 16.8 Å². The number of halogens is 1. The lowest BCUT2D eigenvalue weighted by Gasteiger charge is -2.35. The summed E-state index contributed by atoms with van der Waals surface area (Å²) in [7, 11) is 0. The van der Waals surface area contributed by atoms with Crippen molar-refractivity contribution < 1.29 is 5.21 Å². The van der Waals surface area contributed by atoms with Crippen molar-refractivity contribution >= 4 is 23.1 Å². The molecule has 0 saturated carbocycles. The third-order valence-electron chi connectivity index (χ3n) is 3.54. The third-order valence-corrected chi connectivity index (χ3v) is 3.77. The molecule has 2 rings (SSSR count). The fourth-order valence-corrected chi connectivity index (χ4v) is 2.72. The highest BCUT2D eigenvalue weighted by Crippen LogP contribution is 2.36. The molecule has 0 amide bonds. The van der Waals surface area contributed by atoms with Gasteiger partial charge >= 0.3 is 0 Å². The highest BCUT2D eigenvalue weighted by atomic mass is 35.5. The SMILES string of the molecule is CC1(C)CCCN1c1cc(Cl)ccc1C(N)=NO. The van der Waals surface area contributed by atoms with Crippen LogP contribution < -0.4 is 10.6 Å². The van der Waals surface area contributed by atoms with Gasteiger partial charge in [-0.05, 0) is 44.9 Å². The van der Waals surface area contributed by atoms with E-state index in [1.54, 1.807) is 12.1 Å². The zero-order valence-electron chi connectivity index (χ0n) is 10.7. The first-order chi connectivity index (χ1) is 8.45. The molecule has 0 unspecified atom stereocenters. The molecule has 5 heteroatoms. The average Bonchev–Trinajstić information content (AvgIpc) is 2.67. The molecule has 1 aliphatic heterocycles. The van der Waals surface area contributed by atoms with E-state index in [0.29, 0.717) is 5.02 Å². The van der Waals surface area contributed by atoms with Crippen molar-refractivity contribution in [1.82, 2.24) is 0 Å². The summed E-state index contributed by atoms with van der Waals surface area (Å²) in [5.74, 6) is 0.115. The highest BCUT2D eigenvalue weighted by molar-refractivity contribution is 6.31. The highest BCUT2D eigenvalue weighted by Gasteiger charge is 2.33. The quantitative estimate of drug-likeness (QED) is 0.375. The van der Waals surface area contributed by atoms with Crippen LogP contribution in [0.2, 0.25) is 5.02 Å². The minimum atomic E-state index is 0.0647. The fraction of sp³-hybridized carbons (Fsp3) is 0.462. The first kappa shape index (κ1) is 13.0. The van der Waals surface area contributed by atoms with Crippen molar-refractivity contribution in [2.24, 2.45) is 10.9 Å². The summed E-state index contributed by atoms with van der Waals surface area (Å²) in [6.45, 7) is 5.34. The van der Waals surface area contributed by atoms with Crippen molar-refractivity contribution in [3.05, 3.63) is 28.8 Å². The van der Waals surface area contributed by atoms with Gasteiger partial charge in [-0.3, -0.25) is 0 Å². The number of hydrogen-bond acceptors (Lipinski definition) is 3. The Morgan fingerprint density at radius 3 is 2.78 bits per heavy atom. The smallest absolute Gasteiger partial charge is 0.172 e. The van der Waals surface area contributed by atoms with Crippen LogP contribution in [0.5, 0.6) is 0 Å². The maximum Gasteiger partial charge on any atom is 0.172 e. The molecule has 0 aromatic heterocycles. The van der Waals surface area contributed by atoms with Gasteiger partial charge in [0, 0.05) is 28.4 Å². The van der Waals surface area contributed by atoms with E-state index in [-0.39, 0.29) is 11.4 Å². The van der Waals surface area contributed by atoms with Crippen LogP contribution in [0.4, 0.5) is 5.69 Å². The minimum absolute atomic E-state index is 0.0647. The Kier molecular flexibility index (Phi) is 3.39. The summed E-state index contributed by atoms with van der Waals surface area (Å²) >= 11 is 6.07. The molecular weight excluding hydrogens is 250 g/mol. The van der Waals surface area contributed by atoms with E-state index < -0.39 is 0 Å². The molecule has 0 atom stereocenters. The Hall–Kier alpha value is -1.42. The monoisotopic (exact) mass is 267 g/mol. The van der Waals surface area contributed by atoms with Gasteiger partial charge in [0.05, 0.1) is 0 Å². The van der Waals surface area contributed by atoms with E-state index in [2.05, 4.69) is 23.9 Å². The molecule has 3 N–H and O–H groups in total. The standard InChI is InChI=1S/C13H18ClN3O/c1-13(2)6-3-7-17(13)11-8-9(14)4-5-10(11)12(15)16-18/h4-5,8,18H,3,6-7H2,1-2H3,(H2,15,16). The zero-order valence-corrected chi connectivity index (χ0v) is 11.4. The van der Waals surface area contributed by atoms with Crippen LogP contribution >= 0.6 is 11.6 Å². The van der Waals surface area contributed by atoms with E-state index in [4.69, 9.17) is 22.5 Å². The normalized spacial score (nSPS) is 19.3. The molecule has 18 heavy (non-hydrogen) atoms. The summed E-state index contributed by atoms with van der Waals surface area (Å²) in [5.41, 5.74) is 7.45. The molecule has 1 saturated heterocycles. The van der Waals surface area contributed by atoms with E-state index in [1.807, 2.05) is 6.07 Å². The van der Waals surface area contributed by atoms with Crippen LogP contribution in [0.25, 0.3) is 0 Å². The van der Waals surface area contributed by atoms with Gasteiger partial charge in [0.15, 0.2) is 5.84 Å². The maximum absolute atomic E-state index is 8.87. The predicted octanol–water partition coefficient (Wildman–Crippen LogP) is 2.81. The maximum atomic E-state index is 8.87. The van der Waals surface area contributed by atoms with E-state index >= 15 is 0 Å². The summed E-state index contributed by atoms with van der Waals surface area (Å²) < 4.78 is 0. The molecule has 0 radical (unpaired) electrons. The second-order valence-corrected chi connectivity index (χ2v) is 5.65. The van der Waals surface area contributed by atoms with Gasteiger partial charge in [0.25, 0.3) is 0 Å². The second-order valence-electron chi connectivity index (χ2n) is 5.21. The Morgan fingerprint density at radius 2 is 2.22 bits per heavy atom. The molecule has 1 aromatic rings. The van der Waals surface area contributed by atoms with Crippen LogP contribution in [0.3, 0.4) is 0 Å². The molecule has 0 bridgehead atoms. The molecule has 1 aliphatic rings. The Balaban J connectivity index is 2.52. The minimum Gasteiger partial charge on any atom is -0.409 e. The number of rotatable bonds is 2. The van der Waals surface area contributed by atoms with Gasteiger partial charge < -0.3 is 15.8 Å². The number of nitrogens with two attached hydrogens (primary N) is 1. The number of benzene rings is 1. The first-order valence-corrected chi connectivity index (χ1v) is 6.38. The topological polar surface area (TPSA) is 61.8 Å². The molecule has 0 aliphatic carbocycles. The first-order valence-electron chi connectivity index (χ1n) is 6.01. The van der Waals surface area contributed by atoms with Gasteiger partial charge in [-0.2, -0.15) is 0 Å². The van der Waals surface area contributed by atoms with Gasteiger partial charge in [-0.15, -0.1) is 0 Å². The number of nitrogens with zero attached hydrogens (tertiary/aromatic N) is 2. The van der Waals surface area contributed by atoms with Crippen LogP contribution in [-0.2, 0) is 0 Å². The second kappa shape index (κ2) is 4.69. The van der Waals surface area contributed by atoms with Gasteiger partial charge in [0.2, 0.25) is 0 Å². The molecule has 4 nitrogen and oxygen atoms in total. The van der Waals surface area contributed by atoms with Crippen molar-refractivity contribution in [1.29, 1.82) is 0 Å². The average molecular weight is 268 g/mol. The van der Waals surface area contributed by atoms with Crippen molar-refractivity contribution in [3.63, 3.8) is 0 Å².